The highest BCUT2D eigenvalue weighted by Gasteiger charge is 2.18. The number of aromatic nitrogens is 2. The summed E-state index contributed by atoms with van der Waals surface area (Å²) in [6.45, 7) is 6.76. The van der Waals surface area contributed by atoms with Crippen molar-refractivity contribution in [3.05, 3.63) is 40.1 Å². The summed E-state index contributed by atoms with van der Waals surface area (Å²) in [4.78, 5) is 12.2. The molecule has 7 nitrogen and oxygen atoms in total. The number of rotatable bonds is 4. The van der Waals surface area contributed by atoms with E-state index >= 15 is 0 Å². The summed E-state index contributed by atoms with van der Waals surface area (Å²) in [5.74, 6) is 0.670. The molecule has 23 heavy (non-hydrogen) atoms. The molecule has 0 saturated carbocycles. The Morgan fingerprint density at radius 2 is 2.09 bits per heavy atom. The minimum atomic E-state index is -0.260. The molecule has 1 amide bonds. The first-order chi connectivity index (χ1) is 11.0. The molecule has 1 saturated heterocycles. The first kappa shape index (κ1) is 16.0. The smallest absolute Gasteiger partial charge is 0.301 e. The number of morpholine rings is 1. The van der Waals surface area contributed by atoms with Gasteiger partial charge in [0.05, 0.1) is 36.2 Å². The number of hydrogen-bond acceptors (Lipinski definition) is 5. The van der Waals surface area contributed by atoms with Gasteiger partial charge >= 0.3 is 5.91 Å². The lowest BCUT2D eigenvalue weighted by atomic mass is 10.4. The van der Waals surface area contributed by atoms with Crippen molar-refractivity contribution in [3.63, 3.8) is 0 Å². The Morgan fingerprint density at radius 1 is 1.35 bits per heavy atom. The van der Waals surface area contributed by atoms with Gasteiger partial charge in [-0.2, -0.15) is 5.10 Å². The van der Waals surface area contributed by atoms with Gasteiger partial charge in [0.15, 0.2) is 5.76 Å². The lowest BCUT2D eigenvalue weighted by Crippen LogP contribution is -2.48. The molecular weight excluding hydrogens is 320 g/mol. The molecule has 0 radical (unpaired) electrons. The van der Waals surface area contributed by atoms with Gasteiger partial charge in [-0.1, -0.05) is 11.6 Å². The molecule has 0 aromatic carbocycles. The van der Waals surface area contributed by atoms with E-state index in [0.717, 1.165) is 11.4 Å². The van der Waals surface area contributed by atoms with Gasteiger partial charge in [-0.15, -0.1) is 0 Å². The molecular formula is C15H19ClN4O3. The summed E-state index contributed by atoms with van der Waals surface area (Å²) in [5, 5.41) is 6.84. The van der Waals surface area contributed by atoms with Crippen molar-refractivity contribution in [2.24, 2.45) is 0 Å². The van der Waals surface area contributed by atoms with Gasteiger partial charge in [0, 0.05) is 13.1 Å². The molecule has 3 heterocycles. The third-order valence-electron chi connectivity index (χ3n) is 3.75. The topological polar surface area (TPSA) is 72.5 Å². The normalized spacial score (nSPS) is 15.8. The summed E-state index contributed by atoms with van der Waals surface area (Å²) in [7, 11) is 0. The second-order valence-corrected chi connectivity index (χ2v) is 5.83. The zero-order valence-electron chi connectivity index (χ0n) is 13.1. The molecule has 0 unspecified atom stereocenters. The van der Waals surface area contributed by atoms with Gasteiger partial charge in [-0.05, 0) is 26.0 Å². The third kappa shape index (κ3) is 3.57. The Bertz CT molecular complexity index is 704. The van der Waals surface area contributed by atoms with Crippen LogP contribution in [0.15, 0.2) is 16.5 Å². The zero-order valence-corrected chi connectivity index (χ0v) is 13.9. The van der Waals surface area contributed by atoms with Crippen LogP contribution >= 0.6 is 11.6 Å². The Hall–Kier alpha value is -1.83. The number of ether oxygens (including phenoxy) is 1. The Labute approximate surface area is 139 Å². The van der Waals surface area contributed by atoms with Gasteiger partial charge in [0.1, 0.15) is 5.76 Å². The van der Waals surface area contributed by atoms with E-state index in [1.54, 1.807) is 16.8 Å². The molecule has 1 aliphatic heterocycles. The maximum Gasteiger partial charge on any atom is 0.301 e. The molecule has 1 N–H and O–H groups in total. The number of nitrogens with one attached hydrogen (secondary N) is 1. The van der Waals surface area contributed by atoms with Crippen LogP contribution in [0, 0.1) is 13.8 Å². The summed E-state index contributed by atoms with van der Waals surface area (Å²) >= 11 is 6.13. The van der Waals surface area contributed by atoms with Crippen LogP contribution in [0.3, 0.4) is 0 Å². The average molecular weight is 339 g/mol. The fraction of sp³-hybridized carbons (Fsp3) is 0.467. The summed E-state index contributed by atoms with van der Waals surface area (Å²) in [6.07, 6.45) is 0. The highest BCUT2D eigenvalue weighted by atomic mass is 35.5. The number of aryl methyl sites for hydroxylation is 1. The number of hydrogen-bond donors (Lipinski definition) is 1. The van der Waals surface area contributed by atoms with Crippen molar-refractivity contribution in [3.8, 4) is 0 Å². The number of furan rings is 1. The standard InChI is InChI=1S/C15H19ClN4O3/c1-10-14(16)11(2)20(17-10)9-12-3-4-13(23-12)15(21)18-19-5-7-22-8-6-19/h3-4H,5-9H2,1-2H3,(H,18,21). The molecule has 1 fully saturated rings. The van der Waals surface area contributed by atoms with Crippen LogP contribution in [0.5, 0.6) is 0 Å². The maximum absolute atomic E-state index is 12.2. The van der Waals surface area contributed by atoms with E-state index < -0.39 is 0 Å². The van der Waals surface area contributed by atoms with E-state index in [1.807, 2.05) is 18.9 Å². The first-order valence-corrected chi connectivity index (χ1v) is 7.84. The summed E-state index contributed by atoms with van der Waals surface area (Å²) < 4.78 is 12.6. The lowest BCUT2D eigenvalue weighted by molar-refractivity contribution is 0.0117. The number of halogens is 1. The van der Waals surface area contributed by atoms with Crippen LogP contribution in [0.4, 0.5) is 0 Å². The van der Waals surface area contributed by atoms with E-state index in [9.17, 15) is 4.79 Å². The largest absolute Gasteiger partial charge is 0.454 e. The Kier molecular flexibility index (Phi) is 4.70. The summed E-state index contributed by atoms with van der Waals surface area (Å²) in [5.41, 5.74) is 4.47. The van der Waals surface area contributed by atoms with Crippen molar-refractivity contribution < 1.29 is 13.9 Å². The molecule has 3 rings (SSSR count). The number of hydrazine groups is 1. The van der Waals surface area contributed by atoms with Crippen molar-refractivity contribution in [1.82, 2.24) is 20.2 Å². The molecule has 124 valence electrons. The van der Waals surface area contributed by atoms with Gasteiger partial charge in [0.2, 0.25) is 0 Å². The van der Waals surface area contributed by atoms with Crippen molar-refractivity contribution in [2.75, 3.05) is 26.3 Å². The predicted octanol–water partition coefficient (Wildman–Crippen LogP) is 1.77. The zero-order chi connectivity index (χ0) is 16.4. The van der Waals surface area contributed by atoms with Crippen LogP contribution in [0.25, 0.3) is 0 Å². The first-order valence-electron chi connectivity index (χ1n) is 7.46. The molecule has 0 bridgehead atoms. The van der Waals surface area contributed by atoms with Crippen molar-refractivity contribution in [2.45, 2.75) is 20.4 Å². The van der Waals surface area contributed by atoms with Gasteiger partial charge in [0.25, 0.3) is 0 Å². The van der Waals surface area contributed by atoms with Gasteiger partial charge in [-0.25, -0.2) is 5.01 Å². The number of carbonyl (C=O) groups is 1. The summed E-state index contributed by atoms with van der Waals surface area (Å²) in [6, 6.07) is 3.44. The molecule has 0 atom stereocenters. The minimum Gasteiger partial charge on any atom is -0.454 e. The van der Waals surface area contributed by atoms with E-state index in [4.69, 9.17) is 20.8 Å². The van der Waals surface area contributed by atoms with Crippen LogP contribution in [-0.2, 0) is 11.3 Å². The van der Waals surface area contributed by atoms with Gasteiger partial charge < -0.3 is 9.15 Å². The Morgan fingerprint density at radius 3 is 2.74 bits per heavy atom. The molecule has 0 aliphatic carbocycles. The fourth-order valence-electron chi connectivity index (χ4n) is 2.44. The van der Waals surface area contributed by atoms with E-state index in [2.05, 4.69) is 10.5 Å². The van der Waals surface area contributed by atoms with E-state index in [-0.39, 0.29) is 11.7 Å². The molecule has 2 aromatic rings. The van der Waals surface area contributed by atoms with Crippen molar-refractivity contribution in [1.29, 1.82) is 0 Å². The molecule has 8 heteroatoms. The van der Waals surface area contributed by atoms with Gasteiger partial charge in [-0.3, -0.25) is 14.9 Å². The molecule has 1 aliphatic rings. The number of amides is 1. The monoisotopic (exact) mass is 338 g/mol. The highest BCUT2D eigenvalue weighted by Crippen LogP contribution is 2.20. The lowest BCUT2D eigenvalue weighted by Gasteiger charge is -2.26. The van der Waals surface area contributed by atoms with Crippen molar-refractivity contribution >= 4 is 17.5 Å². The average Bonchev–Trinajstić information content (AvgIpc) is 3.10. The van der Waals surface area contributed by atoms with Crippen LogP contribution in [-0.4, -0.2) is 47.0 Å². The maximum atomic E-state index is 12.2. The Balaban J connectivity index is 1.65. The van der Waals surface area contributed by atoms with Crippen LogP contribution < -0.4 is 5.43 Å². The number of carbonyl (C=O) groups excluding carboxylic acids is 1. The van der Waals surface area contributed by atoms with E-state index in [0.29, 0.717) is 43.6 Å². The molecule has 0 spiro atoms. The third-order valence-corrected chi connectivity index (χ3v) is 4.30. The molecule has 2 aromatic heterocycles. The minimum absolute atomic E-state index is 0.260. The second kappa shape index (κ2) is 6.74. The quantitative estimate of drug-likeness (QED) is 0.919. The fourth-order valence-corrected chi connectivity index (χ4v) is 2.57. The number of nitrogens with zero attached hydrogens (tertiary/aromatic N) is 3. The highest BCUT2D eigenvalue weighted by molar-refractivity contribution is 6.31. The van der Waals surface area contributed by atoms with Crippen LogP contribution in [0.1, 0.15) is 27.7 Å². The van der Waals surface area contributed by atoms with E-state index in [1.165, 1.54) is 0 Å². The van der Waals surface area contributed by atoms with Crippen LogP contribution in [0.2, 0.25) is 5.02 Å². The SMILES string of the molecule is Cc1nn(Cc2ccc(C(=O)NN3CCOCC3)o2)c(C)c1Cl. The second-order valence-electron chi connectivity index (χ2n) is 5.45. The predicted molar refractivity (Wildman–Crippen MR) is 84.4 cm³/mol.